The van der Waals surface area contributed by atoms with Gasteiger partial charge in [-0.25, -0.2) is 0 Å². The van der Waals surface area contributed by atoms with E-state index in [0.717, 1.165) is 24.8 Å². The third-order valence-corrected chi connectivity index (χ3v) is 5.49. The fraction of sp³-hybridized carbons (Fsp3) is 0.654. The molecule has 0 unspecified atom stereocenters. The van der Waals surface area contributed by atoms with Gasteiger partial charge in [0.15, 0.2) is 0 Å². The molecule has 2 N–H and O–H groups in total. The fourth-order valence-electron chi connectivity index (χ4n) is 3.68. The molecule has 0 heterocycles. The number of phenolic OH excluding ortho intramolecular Hbond substituents is 1. The van der Waals surface area contributed by atoms with Crippen LogP contribution in [-0.2, 0) is 4.79 Å². The van der Waals surface area contributed by atoms with Crippen LogP contribution in [0.5, 0.6) is 5.75 Å². The molecule has 0 fully saturated rings. The molecule has 3 nitrogen and oxygen atoms in total. The number of carboxylic acids is 1. The fourth-order valence-corrected chi connectivity index (χ4v) is 3.68. The SMILES string of the molecule is Cc1ccc(O)c(C=CCCCCCCCCCCCCCCCCC(=O)O)c1. The molecule has 0 bridgehead atoms. The Hall–Kier alpha value is -1.77. The van der Waals surface area contributed by atoms with E-state index in [1.165, 1.54) is 82.6 Å². The maximum absolute atomic E-state index is 10.4. The third kappa shape index (κ3) is 14.8. The van der Waals surface area contributed by atoms with E-state index in [0.29, 0.717) is 12.2 Å². The Bertz CT molecular complexity index is 577. The Morgan fingerprint density at radius 1 is 0.793 bits per heavy atom. The summed E-state index contributed by atoms with van der Waals surface area (Å²) in [6.45, 7) is 2.05. The molecular weight excluding hydrogens is 360 g/mol. The van der Waals surface area contributed by atoms with Crippen LogP contribution in [0.25, 0.3) is 6.08 Å². The number of aryl methyl sites for hydroxylation is 1. The second-order valence-electron chi connectivity index (χ2n) is 8.35. The van der Waals surface area contributed by atoms with Crippen molar-refractivity contribution in [2.24, 2.45) is 0 Å². The summed E-state index contributed by atoms with van der Waals surface area (Å²) >= 11 is 0. The van der Waals surface area contributed by atoms with E-state index in [1.54, 1.807) is 6.07 Å². The van der Waals surface area contributed by atoms with Crippen LogP contribution in [0, 0.1) is 6.92 Å². The second kappa shape index (κ2) is 17.1. The minimum Gasteiger partial charge on any atom is -0.507 e. The zero-order valence-corrected chi connectivity index (χ0v) is 18.5. The highest BCUT2D eigenvalue weighted by molar-refractivity contribution is 5.66. The first kappa shape index (κ1) is 25.3. The van der Waals surface area contributed by atoms with Crippen LogP contribution < -0.4 is 0 Å². The maximum atomic E-state index is 10.4. The van der Waals surface area contributed by atoms with Crippen LogP contribution >= 0.6 is 0 Å². The number of allylic oxidation sites excluding steroid dienone is 1. The van der Waals surface area contributed by atoms with Crippen molar-refractivity contribution in [3.05, 3.63) is 35.4 Å². The first-order valence-electron chi connectivity index (χ1n) is 11.8. The van der Waals surface area contributed by atoms with E-state index < -0.39 is 5.97 Å². The van der Waals surface area contributed by atoms with Crippen LogP contribution in [-0.4, -0.2) is 16.2 Å². The van der Waals surface area contributed by atoms with Gasteiger partial charge in [-0.2, -0.15) is 0 Å². The second-order valence-corrected chi connectivity index (χ2v) is 8.35. The largest absolute Gasteiger partial charge is 0.507 e. The molecule has 0 radical (unpaired) electrons. The standard InChI is InChI=1S/C26H42O3/c1-23-20-21-25(27)24(22-23)18-16-14-12-10-8-6-4-2-3-5-7-9-11-13-15-17-19-26(28)29/h16,18,20-22,27H,2-15,17,19H2,1H3,(H,28,29). The zero-order valence-electron chi connectivity index (χ0n) is 18.5. The lowest BCUT2D eigenvalue weighted by Gasteiger charge is -2.03. The highest BCUT2D eigenvalue weighted by atomic mass is 16.4. The van der Waals surface area contributed by atoms with Crippen molar-refractivity contribution in [3.8, 4) is 5.75 Å². The summed E-state index contributed by atoms with van der Waals surface area (Å²) in [4.78, 5) is 10.4. The molecule has 0 aliphatic rings. The molecule has 3 heteroatoms. The molecule has 1 aromatic rings. The summed E-state index contributed by atoms with van der Waals surface area (Å²) < 4.78 is 0. The molecule has 164 valence electrons. The number of carbonyl (C=O) groups is 1. The number of unbranched alkanes of at least 4 members (excludes halogenated alkanes) is 14. The highest BCUT2D eigenvalue weighted by Crippen LogP contribution is 2.20. The van der Waals surface area contributed by atoms with E-state index in [2.05, 4.69) is 6.08 Å². The molecule has 0 saturated carbocycles. The van der Waals surface area contributed by atoms with Gasteiger partial charge in [-0.15, -0.1) is 0 Å². The van der Waals surface area contributed by atoms with Gasteiger partial charge in [-0.3, -0.25) is 4.79 Å². The molecule has 0 aliphatic heterocycles. The molecule has 1 rings (SSSR count). The van der Waals surface area contributed by atoms with E-state index >= 15 is 0 Å². The van der Waals surface area contributed by atoms with Gasteiger partial charge in [0.1, 0.15) is 5.75 Å². The number of rotatable bonds is 18. The Kier molecular flexibility index (Phi) is 14.9. The van der Waals surface area contributed by atoms with Crippen molar-refractivity contribution in [1.29, 1.82) is 0 Å². The minimum absolute atomic E-state index is 0.328. The summed E-state index contributed by atoms with van der Waals surface area (Å²) in [5.41, 5.74) is 2.10. The average Bonchev–Trinajstić information content (AvgIpc) is 2.69. The van der Waals surface area contributed by atoms with Gasteiger partial charge in [0.2, 0.25) is 0 Å². The lowest BCUT2D eigenvalue weighted by Crippen LogP contribution is -1.93. The normalized spacial score (nSPS) is 11.3. The topological polar surface area (TPSA) is 57.5 Å². The van der Waals surface area contributed by atoms with E-state index in [9.17, 15) is 9.90 Å². The Balaban J connectivity index is 1.82. The zero-order chi connectivity index (χ0) is 21.2. The number of phenols is 1. The lowest BCUT2D eigenvalue weighted by molar-refractivity contribution is -0.137. The molecule has 0 saturated heterocycles. The first-order valence-corrected chi connectivity index (χ1v) is 11.8. The van der Waals surface area contributed by atoms with Gasteiger partial charge in [-0.05, 0) is 38.3 Å². The minimum atomic E-state index is -0.666. The first-order chi connectivity index (χ1) is 14.1. The quantitative estimate of drug-likeness (QED) is 0.244. The van der Waals surface area contributed by atoms with E-state index in [4.69, 9.17) is 5.11 Å². The number of hydrogen-bond acceptors (Lipinski definition) is 2. The van der Waals surface area contributed by atoms with Crippen molar-refractivity contribution in [2.45, 2.75) is 110 Å². The van der Waals surface area contributed by atoms with Crippen molar-refractivity contribution in [1.82, 2.24) is 0 Å². The lowest BCUT2D eigenvalue weighted by atomic mass is 10.0. The van der Waals surface area contributed by atoms with Crippen LogP contribution in [0.15, 0.2) is 24.3 Å². The van der Waals surface area contributed by atoms with Gasteiger partial charge < -0.3 is 10.2 Å². The predicted octanol–water partition coefficient (Wildman–Crippen LogP) is 8.04. The number of aromatic hydroxyl groups is 1. The molecule has 0 aliphatic carbocycles. The molecule has 0 aromatic heterocycles. The van der Waals surface area contributed by atoms with E-state index in [1.807, 2.05) is 25.1 Å². The number of benzene rings is 1. The molecule has 29 heavy (non-hydrogen) atoms. The summed E-state index contributed by atoms with van der Waals surface area (Å²) in [5.74, 6) is -0.302. The summed E-state index contributed by atoms with van der Waals surface area (Å²) in [6, 6.07) is 5.72. The molecule has 0 atom stereocenters. The Morgan fingerprint density at radius 3 is 1.79 bits per heavy atom. The number of hydrogen-bond donors (Lipinski definition) is 2. The smallest absolute Gasteiger partial charge is 0.303 e. The van der Waals surface area contributed by atoms with Gasteiger partial charge in [0.25, 0.3) is 0 Å². The monoisotopic (exact) mass is 402 g/mol. The van der Waals surface area contributed by atoms with Crippen molar-refractivity contribution >= 4 is 12.0 Å². The van der Waals surface area contributed by atoms with Crippen molar-refractivity contribution < 1.29 is 15.0 Å². The predicted molar refractivity (Wildman–Crippen MR) is 123 cm³/mol. The number of aliphatic carboxylic acids is 1. The van der Waals surface area contributed by atoms with Gasteiger partial charge in [-0.1, -0.05) is 101 Å². The van der Waals surface area contributed by atoms with E-state index in [-0.39, 0.29) is 0 Å². The number of carboxylic acid groups (broad SMARTS) is 1. The third-order valence-electron chi connectivity index (χ3n) is 5.49. The van der Waals surface area contributed by atoms with Crippen LogP contribution in [0.3, 0.4) is 0 Å². The van der Waals surface area contributed by atoms with Crippen molar-refractivity contribution in [2.75, 3.05) is 0 Å². The average molecular weight is 403 g/mol. The Morgan fingerprint density at radius 2 is 1.28 bits per heavy atom. The summed E-state index contributed by atoms with van der Waals surface area (Å²) in [6.07, 6.45) is 23.3. The van der Waals surface area contributed by atoms with Crippen LogP contribution in [0.2, 0.25) is 0 Å². The van der Waals surface area contributed by atoms with Gasteiger partial charge in [0, 0.05) is 12.0 Å². The van der Waals surface area contributed by atoms with Crippen molar-refractivity contribution in [3.63, 3.8) is 0 Å². The molecular formula is C26H42O3. The van der Waals surface area contributed by atoms with Crippen LogP contribution in [0.1, 0.15) is 114 Å². The molecule has 0 spiro atoms. The highest BCUT2D eigenvalue weighted by Gasteiger charge is 1.98. The maximum Gasteiger partial charge on any atom is 0.303 e. The summed E-state index contributed by atoms with van der Waals surface area (Å²) in [5, 5.41) is 18.4. The molecule has 0 amide bonds. The Labute approximate surface area is 178 Å². The van der Waals surface area contributed by atoms with Crippen LogP contribution in [0.4, 0.5) is 0 Å². The van der Waals surface area contributed by atoms with Gasteiger partial charge >= 0.3 is 5.97 Å². The van der Waals surface area contributed by atoms with Gasteiger partial charge in [0.05, 0.1) is 0 Å². The summed E-state index contributed by atoms with van der Waals surface area (Å²) in [7, 11) is 0. The molecule has 1 aromatic carbocycles.